The van der Waals surface area contributed by atoms with E-state index in [1.165, 1.54) is 16.4 Å². The number of benzene rings is 1. The molecule has 0 amide bonds. The SMILES string of the molecule is FC(F)(F)c1cnc(Nc2nc3c(s2)CNCC3)nc1N1OCC[C@H]1c1ccccc1. The van der Waals surface area contributed by atoms with Crippen LogP contribution in [0.2, 0.25) is 0 Å². The first-order chi connectivity index (χ1) is 15.0. The van der Waals surface area contributed by atoms with Gasteiger partial charge in [-0.25, -0.2) is 15.0 Å². The fourth-order valence-corrected chi connectivity index (χ4v) is 4.70. The molecule has 5 rings (SSSR count). The van der Waals surface area contributed by atoms with Crippen LogP contribution in [0.5, 0.6) is 0 Å². The van der Waals surface area contributed by atoms with Crippen LogP contribution in [0, 0.1) is 0 Å². The lowest BCUT2D eigenvalue weighted by atomic mass is 10.0. The lowest BCUT2D eigenvalue weighted by Gasteiger charge is -2.26. The summed E-state index contributed by atoms with van der Waals surface area (Å²) in [5.74, 6) is -0.260. The fourth-order valence-electron chi connectivity index (χ4n) is 3.73. The van der Waals surface area contributed by atoms with Crippen LogP contribution in [-0.2, 0) is 24.0 Å². The molecule has 1 atom stereocenters. The molecule has 2 aromatic heterocycles. The third kappa shape index (κ3) is 4.08. The molecule has 31 heavy (non-hydrogen) atoms. The molecule has 2 aliphatic rings. The molecular weight excluding hydrogens is 429 g/mol. The van der Waals surface area contributed by atoms with Crippen molar-refractivity contribution in [3.05, 3.63) is 58.2 Å². The maximum Gasteiger partial charge on any atom is 0.421 e. The van der Waals surface area contributed by atoms with Crippen LogP contribution in [0.15, 0.2) is 36.5 Å². The molecule has 3 aromatic rings. The van der Waals surface area contributed by atoms with Crippen LogP contribution >= 0.6 is 11.3 Å². The van der Waals surface area contributed by atoms with Gasteiger partial charge in [-0.2, -0.15) is 18.2 Å². The van der Waals surface area contributed by atoms with Gasteiger partial charge in [0.2, 0.25) is 5.95 Å². The van der Waals surface area contributed by atoms with E-state index in [1.807, 2.05) is 30.3 Å². The molecule has 11 heteroatoms. The molecule has 0 aliphatic carbocycles. The minimum atomic E-state index is -4.62. The van der Waals surface area contributed by atoms with E-state index < -0.39 is 11.7 Å². The van der Waals surface area contributed by atoms with E-state index in [1.54, 1.807) is 0 Å². The second kappa shape index (κ2) is 8.06. The highest BCUT2D eigenvalue weighted by molar-refractivity contribution is 7.15. The lowest BCUT2D eigenvalue weighted by Crippen LogP contribution is -2.26. The van der Waals surface area contributed by atoms with Crippen molar-refractivity contribution in [3.63, 3.8) is 0 Å². The highest BCUT2D eigenvalue weighted by Gasteiger charge is 2.40. The smallest absolute Gasteiger partial charge is 0.311 e. The minimum Gasteiger partial charge on any atom is -0.311 e. The number of rotatable bonds is 4. The third-order valence-corrected chi connectivity index (χ3v) is 6.21. The summed E-state index contributed by atoms with van der Waals surface area (Å²) in [6, 6.07) is 8.93. The van der Waals surface area contributed by atoms with E-state index in [-0.39, 0.29) is 17.8 Å². The van der Waals surface area contributed by atoms with Gasteiger partial charge in [0.15, 0.2) is 10.9 Å². The molecule has 2 N–H and O–H groups in total. The third-order valence-electron chi connectivity index (χ3n) is 5.19. The van der Waals surface area contributed by atoms with Crippen molar-refractivity contribution in [1.29, 1.82) is 0 Å². The number of hydroxylamine groups is 1. The maximum absolute atomic E-state index is 13.7. The van der Waals surface area contributed by atoms with Crippen molar-refractivity contribution >= 4 is 28.2 Å². The Kier molecular flexibility index (Phi) is 5.24. The monoisotopic (exact) mass is 448 g/mol. The van der Waals surface area contributed by atoms with Gasteiger partial charge in [-0.05, 0) is 5.56 Å². The number of nitrogens with one attached hydrogen (secondary N) is 2. The van der Waals surface area contributed by atoms with Crippen molar-refractivity contribution in [3.8, 4) is 0 Å². The number of alkyl halides is 3. The molecule has 4 heterocycles. The van der Waals surface area contributed by atoms with E-state index >= 15 is 0 Å². The van der Waals surface area contributed by atoms with Crippen LogP contribution in [0.4, 0.5) is 30.1 Å². The van der Waals surface area contributed by atoms with E-state index in [0.29, 0.717) is 18.2 Å². The largest absolute Gasteiger partial charge is 0.421 e. The fraction of sp³-hybridized carbons (Fsp3) is 0.350. The Bertz CT molecular complexity index is 1050. The number of anilines is 3. The molecule has 1 aromatic carbocycles. The average molecular weight is 448 g/mol. The van der Waals surface area contributed by atoms with Gasteiger partial charge in [0, 0.05) is 37.0 Å². The van der Waals surface area contributed by atoms with Crippen molar-refractivity contribution in [1.82, 2.24) is 20.3 Å². The van der Waals surface area contributed by atoms with Gasteiger partial charge >= 0.3 is 6.18 Å². The van der Waals surface area contributed by atoms with Crippen LogP contribution in [0.3, 0.4) is 0 Å². The first-order valence-corrected chi connectivity index (χ1v) is 10.7. The van der Waals surface area contributed by atoms with Crippen molar-refractivity contribution < 1.29 is 18.0 Å². The number of aromatic nitrogens is 3. The maximum atomic E-state index is 13.7. The number of fused-ring (bicyclic) bond motifs is 1. The molecule has 0 spiro atoms. The van der Waals surface area contributed by atoms with Crippen LogP contribution < -0.4 is 15.7 Å². The molecule has 0 saturated carbocycles. The summed E-state index contributed by atoms with van der Waals surface area (Å²) in [5.41, 5.74) is 0.912. The number of thiazole rings is 1. The molecule has 1 fully saturated rings. The lowest BCUT2D eigenvalue weighted by molar-refractivity contribution is -0.138. The second-order valence-electron chi connectivity index (χ2n) is 7.24. The predicted octanol–water partition coefficient (Wildman–Crippen LogP) is 4.22. The Hall–Kier alpha value is -2.76. The summed E-state index contributed by atoms with van der Waals surface area (Å²) in [7, 11) is 0. The predicted molar refractivity (Wildman–Crippen MR) is 110 cm³/mol. The summed E-state index contributed by atoms with van der Waals surface area (Å²) < 4.78 is 41.2. The summed E-state index contributed by atoms with van der Waals surface area (Å²) >= 11 is 1.44. The summed E-state index contributed by atoms with van der Waals surface area (Å²) in [4.78, 5) is 19.4. The number of halogens is 3. The quantitative estimate of drug-likeness (QED) is 0.619. The van der Waals surface area contributed by atoms with Gasteiger partial charge < -0.3 is 5.32 Å². The van der Waals surface area contributed by atoms with Crippen molar-refractivity contribution in [2.75, 3.05) is 23.5 Å². The van der Waals surface area contributed by atoms with Crippen molar-refractivity contribution in [2.24, 2.45) is 0 Å². The van der Waals surface area contributed by atoms with Crippen LogP contribution in [-0.4, -0.2) is 28.1 Å². The van der Waals surface area contributed by atoms with Gasteiger partial charge in [-0.15, -0.1) is 11.3 Å². The first-order valence-electron chi connectivity index (χ1n) is 9.86. The minimum absolute atomic E-state index is 0.0457. The highest BCUT2D eigenvalue weighted by Crippen LogP contribution is 2.41. The average Bonchev–Trinajstić information content (AvgIpc) is 3.40. The van der Waals surface area contributed by atoms with Gasteiger partial charge in [0.05, 0.1) is 18.3 Å². The summed E-state index contributed by atoms with van der Waals surface area (Å²) in [6.45, 7) is 1.88. The Morgan fingerprint density at radius 2 is 2.03 bits per heavy atom. The van der Waals surface area contributed by atoms with Gasteiger partial charge in [0.1, 0.15) is 5.56 Å². The molecule has 0 unspecified atom stereocenters. The van der Waals surface area contributed by atoms with Crippen LogP contribution in [0.1, 0.15) is 34.2 Å². The molecule has 1 saturated heterocycles. The van der Waals surface area contributed by atoms with E-state index in [2.05, 4.69) is 25.6 Å². The van der Waals surface area contributed by atoms with Crippen LogP contribution in [0.25, 0.3) is 0 Å². The van der Waals surface area contributed by atoms with Crippen molar-refractivity contribution in [2.45, 2.75) is 31.6 Å². The summed E-state index contributed by atoms with van der Waals surface area (Å²) in [5, 5.41) is 8.05. The Balaban J connectivity index is 1.50. The van der Waals surface area contributed by atoms with E-state index in [4.69, 9.17) is 4.84 Å². The van der Waals surface area contributed by atoms with Gasteiger partial charge in [-0.3, -0.25) is 10.2 Å². The Labute approximate surface area is 180 Å². The topological polar surface area (TPSA) is 75.2 Å². The molecular formula is C20H19F3N6OS. The normalized spacial score (nSPS) is 18.8. The zero-order valence-electron chi connectivity index (χ0n) is 16.3. The summed E-state index contributed by atoms with van der Waals surface area (Å²) in [6.07, 6.45) is -2.45. The van der Waals surface area contributed by atoms with Gasteiger partial charge in [-0.1, -0.05) is 30.3 Å². The molecule has 2 aliphatic heterocycles. The standard InChI is InChI=1S/C20H19F3N6OS/c21-20(22,23)13-10-25-18(28-19-26-14-6-8-24-11-16(14)31-19)27-17(13)29-15(7-9-30-29)12-4-2-1-3-5-12/h1-5,10,15,24H,6-9,11H2,(H,25,26,27,28)/t15-/m0/s1. The first kappa shape index (κ1) is 20.2. The van der Waals surface area contributed by atoms with E-state index in [0.717, 1.165) is 41.8 Å². The zero-order valence-corrected chi connectivity index (χ0v) is 17.1. The second-order valence-corrected chi connectivity index (χ2v) is 8.33. The zero-order chi connectivity index (χ0) is 21.4. The molecule has 7 nitrogen and oxygen atoms in total. The molecule has 162 valence electrons. The molecule has 0 radical (unpaired) electrons. The molecule has 0 bridgehead atoms. The number of hydrogen-bond acceptors (Lipinski definition) is 8. The number of nitrogens with zero attached hydrogens (tertiary/aromatic N) is 4. The Morgan fingerprint density at radius 1 is 1.19 bits per heavy atom. The van der Waals surface area contributed by atoms with Gasteiger partial charge in [0.25, 0.3) is 0 Å². The van der Waals surface area contributed by atoms with E-state index in [9.17, 15) is 13.2 Å². The Morgan fingerprint density at radius 3 is 2.81 bits per heavy atom. The number of hydrogen-bond donors (Lipinski definition) is 2. The highest BCUT2D eigenvalue weighted by atomic mass is 32.1.